The molecule has 0 atom stereocenters. The molecule has 0 radical (unpaired) electrons. The molecule has 6 aliphatic carbocycles. The van der Waals surface area contributed by atoms with Gasteiger partial charge in [0.05, 0.1) is 5.41 Å². The van der Waals surface area contributed by atoms with Crippen LogP contribution in [0.1, 0.15) is 13.3 Å². The largest absolute Gasteiger partial charge is 0.369 e. The number of nitrogens with two attached hydrogens (primary N) is 1. The summed E-state index contributed by atoms with van der Waals surface area (Å²) in [5.41, 5.74) is 6.38. The van der Waals surface area contributed by atoms with Crippen molar-refractivity contribution >= 4 is 5.91 Å². The number of hydrogen-bond acceptors (Lipinski definition) is 1. The maximum Gasteiger partial charge on any atom is 0.224 e. The van der Waals surface area contributed by atoms with Crippen LogP contribution in [0.2, 0.25) is 0 Å². The zero-order valence-corrected chi connectivity index (χ0v) is 7.66. The predicted molar refractivity (Wildman–Crippen MR) is 45.3 cm³/mol. The van der Waals surface area contributed by atoms with Gasteiger partial charge in [0.25, 0.3) is 0 Å². The van der Waals surface area contributed by atoms with Gasteiger partial charge in [0.1, 0.15) is 0 Å². The van der Waals surface area contributed by atoms with Gasteiger partial charge in [-0.15, -0.1) is 0 Å². The first kappa shape index (κ1) is 6.05. The summed E-state index contributed by atoms with van der Waals surface area (Å²) in [5, 5.41) is 0. The summed E-state index contributed by atoms with van der Waals surface area (Å²) in [6, 6.07) is 0. The summed E-state index contributed by atoms with van der Waals surface area (Å²) in [4.78, 5) is 11.4. The molecule has 6 aliphatic rings. The van der Waals surface area contributed by atoms with Gasteiger partial charge >= 0.3 is 0 Å². The van der Waals surface area contributed by atoms with Gasteiger partial charge < -0.3 is 5.73 Å². The third-order valence-electron chi connectivity index (χ3n) is 6.88. The van der Waals surface area contributed by atoms with Crippen LogP contribution in [0.15, 0.2) is 0 Å². The topological polar surface area (TPSA) is 43.1 Å². The van der Waals surface area contributed by atoms with Crippen LogP contribution in [0.3, 0.4) is 0 Å². The van der Waals surface area contributed by atoms with Gasteiger partial charge in [0, 0.05) is 0 Å². The Bertz CT molecular complexity index is 332. The van der Waals surface area contributed by atoms with Crippen LogP contribution < -0.4 is 5.73 Å². The van der Waals surface area contributed by atoms with Gasteiger partial charge in [0.2, 0.25) is 5.91 Å². The second kappa shape index (κ2) is 1.12. The Morgan fingerprint density at radius 3 is 1.92 bits per heavy atom. The van der Waals surface area contributed by atoms with Crippen molar-refractivity contribution in [2.75, 3.05) is 0 Å². The molecule has 0 aliphatic heterocycles. The van der Waals surface area contributed by atoms with Gasteiger partial charge in [-0.2, -0.15) is 0 Å². The second-order valence-electron chi connectivity index (χ2n) is 5.92. The highest BCUT2D eigenvalue weighted by molar-refractivity contribution is 5.91. The first-order valence-corrected chi connectivity index (χ1v) is 5.54. The monoisotopic (exact) mass is 175 g/mol. The van der Waals surface area contributed by atoms with Crippen LogP contribution in [0.4, 0.5) is 0 Å². The lowest BCUT2D eigenvalue weighted by atomic mass is 8.92. The lowest BCUT2D eigenvalue weighted by molar-refractivity contribution is -0.641. The summed E-state index contributed by atoms with van der Waals surface area (Å²) in [5.74, 6) is 5.19. The van der Waals surface area contributed by atoms with Crippen molar-refractivity contribution in [1.29, 1.82) is 0 Å². The maximum absolute atomic E-state index is 11.4. The number of primary amides is 1. The van der Waals surface area contributed by atoms with Crippen LogP contribution in [0.5, 0.6) is 0 Å². The smallest absolute Gasteiger partial charge is 0.224 e. The Morgan fingerprint density at radius 1 is 1.15 bits per heavy atom. The Hall–Kier alpha value is -0.530. The van der Waals surface area contributed by atoms with E-state index in [0.29, 0.717) is 0 Å². The molecule has 0 bridgehead atoms. The molecule has 0 spiro atoms. The molecule has 2 nitrogen and oxygen atoms in total. The first-order chi connectivity index (χ1) is 6.24. The van der Waals surface area contributed by atoms with E-state index in [1.807, 2.05) is 0 Å². The van der Waals surface area contributed by atoms with Crippen molar-refractivity contribution in [3.8, 4) is 0 Å². The Kier molecular flexibility index (Phi) is 0.522. The molecular weight excluding hydrogens is 162 g/mol. The van der Waals surface area contributed by atoms with Crippen LogP contribution in [0, 0.1) is 46.3 Å². The van der Waals surface area contributed by atoms with Crippen molar-refractivity contribution in [3.63, 3.8) is 0 Å². The van der Waals surface area contributed by atoms with E-state index in [1.54, 1.807) is 0 Å². The number of rotatable bonds is 2. The molecule has 2 heteroatoms. The highest BCUT2D eigenvalue weighted by Gasteiger charge is 3.10. The Labute approximate surface area is 76.9 Å². The van der Waals surface area contributed by atoms with E-state index in [9.17, 15) is 4.79 Å². The fourth-order valence-electron chi connectivity index (χ4n) is 6.95. The molecule has 0 aromatic rings. The molecule has 0 aromatic heterocycles. The van der Waals surface area contributed by atoms with E-state index in [1.165, 1.54) is 6.42 Å². The molecular formula is C11H13NO. The quantitative estimate of drug-likeness (QED) is 0.657. The average Bonchev–Trinajstić information content (AvgIpc) is 2.16. The lowest BCUT2D eigenvalue weighted by Gasteiger charge is -3.11. The van der Waals surface area contributed by atoms with Crippen molar-refractivity contribution < 1.29 is 4.79 Å². The molecule has 1 amide bonds. The minimum absolute atomic E-state index is 0.0423. The molecule has 13 heavy (non-hydrogen) atoms. The van der Waals surface area contributed by atoms with Crippen LogP contribution in [-0.4, -0.2) is 5.91 Å². The second-order valence-corrected chi connectivity index (χ2v) is 5.92. The van der Waals surface area contributed by atoms with Gasteiger partial charge in [-0.05, 0) is 47.3 Å². The molecule has 0 saturated heterocycles. The molecule has 6 saturated carbocycles. The molecule has 0 unspecified atom stereocenters. The van der Waals surface area contributed by atoms with Crippen LogP contribution in [-0.2, 0) is 4.79 Å². The fourth-order valence-corrected chi connectivity index (χ4v) is 6.95. The van der Waals surface area contributed by atoms with Crippen molar-refractivity contribution in [3.05, 3.63) is 0 Å². The van der Waals surface area contributed by atoms with Gasteiger partial charge in [-0.3, -0.25) is 4.79 Å². The normalized spacial score (nSPS) is 82.2. The number of hydrogen-bond donors (Lipinski definition) is 1. The highest BCUT2D eigenvalue weighted by Crippen LogP contribution is 3.10. The van der Waals surface area contributed by atoms with Gasteiger partial charge in [0.15, 0.2) is 0 Å². The standard InChI is InChI=1S/C11H13NO/c1-2-10-3-6-4(10)8-5(10)7(3)11(6,8)9(12)13/h3-8H,2H2,1H3,(H2,12,13). The molecule has 0 aromatic carbocycles. The van der Waals surface area contributed by atoms with Crippen LogP contribution >= 0.6 is 0 Å². The van der Waals surface area contributed by atoms with Gasteiger partial charge in [-0.1, -0.05) is 6.92 Å². The predicted octanol–water partition coefficient (Wildman–Crippen LogP) is 0.620. The van der Waals surface area contributed by atoms with E-state index in [0.717, 1.165) is 40.9 Å². The zero-order valence-electron chi connectivity index (χ0n) is 7.66. The minimum atomic E-state index is 0.0423. The summed E-state index contributed by atoms with van der Waals surface area (Å²) in [6.07, 6.45) is 1.37. The third-order valence-corrected chi connectivity index (χ3v) is 6.88. The molecule has 6 rings (SSSR count). The number of amides is 1. The Morgan fingerprint density at radius 2 is 1.62 bits per heavy atom. The fraction of sp³-hybridized carbons (Fsp3) is 0.909. The minimum Gasteiger partial charge on any atom is -0.369 e. The lowest BCUT2D eigenvalue weighted by Crippen LogP contribution is -3.11. The number of carbonyl (C=O) groups excluding carboxylic acids is 1. The SMILES string of the molecule is CCC12C3C4C1C1C2C3C41C(N)=O. The van der Waals surface area contributed by atoms with Crippen LogP contribution in [0.25, 0.3) is 0 Å². The van der Waals surface area contributed by atoms with Crippen molar-refractivity contribution in [2.24, 2.45) is 52.1 Å². The summed E-state index contributed by atoms with van der Waals surface area (Å²) in [7, 11) is 0. The Balaban J connectivity index is 1.67. The maximum atomic E-state index is 11.4. The summed E-state index contributed by atoms with van der Waals surface area (Å²) < 4.78 is 0. The molecule has 0 heterocycles. The summed E-state index contributed by atoms with van der Waals surface area (Å²) >= 11 is 0. The first-order valence-electron chi connectivity index (χ1n) is 5.54. The molecule has 6 fully saturated rings. The summed E-state index contributed by atoms with van der Waals surface area (Å²) in [6.45, 7) is 2.33. The number of carbonyl (C=O) groups is 1. The average molecular weight is 175 g/mol. The van der Waals surface area contributed by atoms with Crippen molar-refractivity contribution in [2.45, 2.75) is 13.3 Å². The van der Waals surface area contributed by atoms with E-state index in [4.69, 9.17) is 5.73 Å². The molecule has 2 N–H and O–H groups in total. The van der Waals surface area contributed by atoms with E-state index in [-0.39, 0.29) is 11.3 Å². The van der Waals surface area contributed by atoms with E-state index in [2.05, 4.69) is 6.92 Å². The zero-order chi connectivity index (χ0) is 8.75. The van der Waals surface area contributed by atoms with Crippen molar-refractivity contribution in [1.82, 2.24) is 0 Å². The highest BCUT2D eigenvalue weighted by atomic mass is 16.1. The van der Waals surface area contributed by atoms with E-state index < -0.39 is 0 Å². The third kappa shape index (κ3) is 0.219. The molecule has 68 valence electrons. The van der Waals surface area contributed by atoms with E-state index >= 15 is 0 Å². The van der Waals surface area contributed by atoms with Gasteiger partial charge in [-0.25, -0.2) is 0 Å².